The van der Waals surface area contributed by atoms with Gasteiger partial charge in [-0.15, -0.1) is 0 Å². The Balaban J connectivity index is 2.33. The van der Waals surface area contributed by atoms with Gasteiger partial charge in [-0.05, 0) is 60.4 Å². The van der Waals surface area contributed by atoms with E-state index in [2.05, 4.69) is 5.32 Å². The first-order valence-corrected chi connectivity index (χ1v) is 8.80. The van der Waals surface area contributed by atoms with Gasteiger partial charge in [0, 0.05) is 5.70 Å². The van der Waals surface area contributed by atoms with Gasteiger partial charge in [0.25, 0.3) is 0 Å². The number of carbonyl (C=O) groups excluding carboxylic acids is 1. The van der Waals surface area contributed by atoms with E-state index in [1.807, 2.05) is 0 Å². The third-order valence-electron chi connectivity index (χ3n) is 4.30. The average molecular weight is 385 g/mol. The summed E-state index contributed by atoms with van der Waals surface area (Å²) >= 11 is 0. The molecule has 6 nitrogen and oxygen atoms in total. The number of ether oxygens (including phenoxy) is 1. The molecule has 0 aliphatic carbocycles. The molecule has 148 valence electrons. The lowest BCUT2D eigenvalue weighted by Gasteiger charge is -2.12. The van der Waals surface area contributed by atoms with Crippen LogP contribution in [0.1, 0.15) is 17.5 Å². The Hall–Kier alpha value is -3.35. The highest BCUT2D eigenvalue weighted by molar-refractivity contribution is 6.07. The van der Waals surface area contributed by atoms with Crippen LogP contribution in [0, 0.1) is 5.82 Å². The molecule has 0 unspecified atom stereocenters. The summed E-state index contributed by atoms with van der Waals surface area (Å²) in [5, 5.41) is 2.66. The predicted molar refractivity (Wildman–Crippen MR) is 108 cm³/mol. The van der Waals surface area contributed by atoms with Crippen molar-refractivity contribution in [3.05, 3.63) is 71.0 Å². The fourth-order valence-corrected chi connectivity index (χ4v) is 2.54. The molecule has 2 aromatic carbocycles. The van der Waals surface area contributed by atoms with Crippen molar-refractivity contribution in [3.8, 4) is 5.75 Å². The van der Waals surface area contributed by atoms with Crippen molar-refractivity contribution in [2.75, 3.05) is 21.2 Å². The summed E-state index contributed by atoms with van der Waals surface area (Å²) in [5.74, 6) is 0.232. The van der Waals surface area contributed by atoms with E-state index in [4.69, 9.17) is 16.2 Å². The number of nitrogens with two attached hydrogens (primary N) is 2. The number of carbonyl (C=O) groups is 1. The molecule has 0 bridgehead atoms. The van der Waals surface area contributed by atoms with Gasteiger partial charge in [-0.25, -0.2) is 9.71 Å². The van der Waals surface area contributed by atoms with Crippen molar-refractivity contribution in [1.82, 2.24) is 5.32 Å². The van der Waals surface area contributed by atoms with Crippen LogP contribution >= 0.6 is 0 Å². The minimum atomic E-state index is -0.373. The highest BCUT2D eigenvalue weighted by atomic mass is 19.1. The Morgan fingerprint density at radius 2 is 1.68 bits per heavy atom. The monoisotopic (exact) mass is 385 g/mol. The minimum absolute atomic E-state index is 0.215. The van der Waals surface area contributed by atoms with E-state index in [1.54, 1.807) is 62.2 Å². The van der Waals surface area contributed by atoms with Gasteiger partial charge in [0.2, 0.25) is 0 Å². The van der Waals surface area contributed by atoms with Crippen molar-refractivity contribution in [1.29, 1.82) is 0 Å². The molecule has 1 amide bonds. The zero-order valence-electron chi connectivity index (χ0n) is 16.3. The Labute approximate surface area is 164 Å². The van der Waals surface area contributed by atoms with Crippen LogP contribution in [0.4, 0.5) is 4.39 Å². The number of methoxy groups -OCH3 is 1. The Kier molecular flexibility index (Phi) is 7.14. The van der Waals surface area contributed by atoms with E-state index in [9.17, 15) is 9.18 Å². The molecule has 0 saturated carbocycles. The molecule has 0 aliphatic rings. The molecule has 2 aromatic rings. The largest absolute Gasteiger partial charge is 0.497 e. The number of halogens is 1. The second-order valence-corrected chi connectivity index (χ2v) is 6.48. The Bertz CT molecular complexity index is 884. The first kappa shape index (κ1) is 21.0. The lowest BCUT2D eigenvalue weighted by atomic mass is 9.99. The maximum atomic E-state index is 13.1. The summed E-state index contributed by atoms with van der Waals surface area (Å²) in [7, 11) is 5.03. The first-order chi connectivity index (χ1) is 13.3. The zero-order chi connectivity index (χ0) is 20.7. The number of guanidine groups is 1. The second-order valence-electron chi connectivity index (χ2n) is 6.48. The van der Waals surface area contributed by atoms with Gasteiger partial charge in [0.1, 0.15) is 11.6 Å². The van der Waals surface area contributed by atoms with Crippen LogP contribution in [0.5, 0.6) is 5.75 Å². The van der Waals surface area contributed by atoms with Crippen molar-refractivity contribution in [2.45, 2.75) is 12.8 Å². The van der Waals surface area contributed by atoms with E-state index in [0.29, 0.717) is 35.4 Å². The normalized spacial score (nSPS) is 11.4. The lowest BCUT2D eigenvalue weighted by Crippen LogP contribution is -2.43. The van der Waals surface area contributed by atoms with Crippen LogP contribution in [-0.4, -0.2) is 37.6 Å². The van der Waals surface area contributed by atoms with Crippen LogP contribution in [-0.2, 0) is 11.2 Å². The highest BCUT2D eigenvalue weighted by Gasteiger charge is 2.20. The van der Waals surface area contributed by atoms with Crippen LogP contribution < -0.4 is 21.5 Å². The van der Waals surface area contributed by atoms with E-state index >= 15 is 0 Å². The lowest BCUT2D eigenvalue weighted by molar-refractivity contribution is -0.467. The van der Waals surface area contributed by atoms with E-state index in [1.165, 1.54) is 12.1 Å². The average Bonchev–Trinajstić information content (AvgIpc) is 2.69. The molecule has 0 radical (unpaired) electrons. The summed E-state index contributed by atoms with van der Waals surface area (Å²) in [6.45, 7) is 0. The quantitative estimate of drug-likeness (QED) is 0.306. The summed E-state index contributed by atoms with van der Waals surface area (Å²) in [6, 6.07) is 13.3. The SMILES string of the molecule is COc1ccc(C(N)=C(CCc2ccc(F)cc2)C(=O)NC(N)=[N+](C)C)cc1. The molecular formula is C21H26FN4O2+. The number of amides is 1. The second kappa shape index (κ2) is 9.55. The van der Waals surface area contributed by atoms with Gasteiger partial charge in [0.05, 0.1) is 26.8 Å². The molecule has 28 heavy (non-hydrogen) atoms. The van der Waals surface area contributed by atoms with Gasteiger partial charge in [-0.3, -0.25) is 15.1 Å². The van der Waals surface area contributed by atoms with Gasteiger partial charge < -0.3 is 10.5 Å². The molecule has 5 N–H and O–H groups in total. The van der Waals surface area contributed by atoms with Gasteiger partial charge in [-0.2, -0.15) is 0 Å². The molecular weight excluding hydrogens is 359 g/mol. The number of rotatable bonds is 6. The van der Waals surface area contributed by atoms with Crippen molar-refractivity contribution in [2.24, 2.45) is 11.5 Å². The van der Waals surface area contributed by atoms with Crippen molar-refractivity contribution in [3.63, 3.8) is 0 Å². The minimum Gasteiger partial charge on any atom is -0.497 e. The molecule has 2 rings (SSSR count). The van der Waals surface area contributed by atoms with Gasteiger partial charge in [-0.1, -0.05) is 12.1 Å². The maximum absolute atomic E-state index is 13.1. The van der Waals surface area contributed by atoms with Crippen LogP contribution in [0.15, 0.2) is 54.1 Å². The fraction of sp³-hybridized carbons (Fsp3) is 0.238. The predicted octanol–water partition coefficient (Wildman–Crippen LogP) is 1.84. The number of aryl methyl sites for hydroxylation is 1. The molecule has 7 heteroatoms. The first-order valence-electron chi connectivity index (χ1n) is 8.80. The summed E-state index contributed by atoms with van der Waals surface area (Å²) in [6.07, 6.45) is 0.901. The van der Waals surface area contributed by atoms with Crippen molar-refractivity contribution < 1.29 is 18.5 Å². The standard InChI is InChI=1S/C21H25FN4O2/c1-26(2)21(24)25-20(27)18(13-6-14-4-9-16(22)10-5-14)19(23)15-7-11-17(28-3)12-8-15/h4-5,7-12H,6,13H2,1-3H3,(H4,23,24,25,27)/p+1. The fourth-order valence-electron chi connectivity index (χ4n) is 2.54. The molecule has 0 saturated heterocycles. The Morgan fingerprint density at radius 3 is 2.21 bits per heavy atom. The number of hydrogen-bond donors (Lipinski definition) is 3. The highest BCUT2D eigenvalue weighted by Crippen LogP contribution is 2.21. The number of nitrogens with zero attached hydrogens (tertiary/aromatic N) is 1. The summed E-state index contributed by atoms with van der Waals surface area (Å²) in [4.78, 5) is 12.8. The van der Waals surface area contributed by atoms with Crippen LogP contribution in [0.2, 0.25) is 0 Å². The van der Waals surface area contributed by atoms with Crippen LogP contribution in [0.3, 0.4) is 0 Å². The van der Waals surface area contributed by atoms with Gasteiger partial charge >= 0.3 is 11.9 Å². The summed E-state index contributed by atoms with van der Waals surface area (Å²) in [5.41, 5.74) is 14.5. The molecule has 0 aliphatic heterocycles. The molecule has 0 spiro atoms. The molecule has 0 atom stereocenters. The van der Waals surface area contributed by atoms with Crippen LogP contribution in [0.25, 0.3) is 5.70 Å². The third-order valence-corrected chi connectivity index (χ3v) is 4.30. The number of benzene rings is 2. The third kappa shape index (κ3) is 5.57. The summed E-state index contributed by atoms with van der Waals surface area (Å²) < 4.78 is 19.9. The van der Waals surface area contributed by atoms with Crippen molar-refractivity contribution >= 4 is 17.6 Å². The molecule has 0 fully saturated rings. The zero-order valence-corrected chi connectivity index (χ0v) is 16.3. The number of nitrogens with one attached hydrogen (secondary N) is 1. The van der Waals surface area contributed by atoms with Gasteiger partial charge in [0.15, 0.2) is 0 Å². The maximum Gasteiger partial charge on any atom is 0.350 e. The number of hydrogen-bond acceptors (Lipinski definition) is 3. The van der Waals surface area contributed by atoms with E-state index < -0.39 is 0 Å². The molecule has 0 heterocycles. The topological polar surface area (TPSA) is 93.4 Å². The molecule has 0 aromatic heterocycles. The Morgan fingerprint density at radius 1 is 1.07 bits per heavy atom. The van der Waals surface area contributed by atoms with E-state index in [0.717, 1.165) is 5.56 Å². The van der Waals surface area contributed by atoms with E-state index in [-0.39, 0.29) is 17.7 Å². The smallest absolute Gasteiger partial charge is 0.350 e.